The van der Waals surface area contributed by atoms with Gasteiger partial charge in [-0.25, -0.2) is 4.68 Å². The first kappa shape index (κ1) is 14.3. The van der Waals surface area contributed by atoms with Crippen LogP contribution in [0.25, 0.3) is 0 Å². The van der Waals surface area contributed by atoms with Crippen LogP contribution in [0, 0.1) is 20.8 Å². The van der Waals surface area contributed by atoms with Crippen molar-refractivity contribution in [3.63, 3.8) is 0 Å². The van der Waals surface area contributed by atoms with Crippen molar-refractivity contribution >= 4 is 17.5 Å². The molecule has 2 rings (SSSR count). The molecule has 0 bridgehead atoms. The molecule has 0 unspecified atom stereocenters. The lowest BCUT2D eigenvalue weighted by Crippen LogP contribution is -2.35. The molecule has 2 aromatic rings. The zero-order chi connectivity index (χ0) is 15.0. The number of carbonyl (C=O) groups excluding carboxylic acids is 1. The second-order valence-corrected chi connectivity index (χ2v) is 5.04. The molecule has 0 saturated carbocycles. The van der Waals surface area contributed by atoms with Crippen LogP contribution in [0.1, 0.15) is 27.4 Å². The van der Waals surface area contributed by atoms with E-state index in [4.69, 9.17) is 11.6 Å². The second kappa shape index (κ2) is 5.13. The topological polar surface area (TPSA) is 68.9 Å². The summed E-state index contributed by atoms with van der Waals surface area (Å²) < 4.78 is 2.58. The number of hydrogen-bond donors (Lipinski definition) is 1. The summed E-state index contributed by atoms with van der Waals surface area (Å²) in [4.78, 5) is 24.1. The molecule has 2 heterocycles. The lowest BCUT2D eigenvalue weighted by Gasteiger charge is -2.12. The second-order valence-electron chi connectivity index (χ2n) is 4.66. The van der Waals surface area contributed by atoms with E-state index in [1.165, 1.54) is 15.4 Å². The Balaban J connectivity index is 2.41. The van der Waals surface area contributed by atoms with Gasteiger partial charge in [-0.3, -0.25) is 19.7 Å². The molecule has 0 aliphatic carbocycles. The van der Waals surface area contributed by atoms with Gasteiger partial charge in [-0.2, -0.15) is 5.10 Å². The number of aryl methyl sites for hydroxylation is 4. The molecule has 0 aliphatic rings. The predicted octanol–water partition coefficient (Wildman–Crippen LogP) is 1.54. The number of aromatic nitrogens is 3. The summed E-state index contributed by atoms with van der Waals surface area (Å²) in [5, 5.41) is 4.35. The van der Waals surface area contributed by atoms with Crippen molar-refractivity contribution in [2.24, 2.45) is 7.05 Å². The Labute approximate surface area is 120 Å². The molecule has 106 valence electrons. The lowest BCUT2D eigenvalue weighted by molar-refractivity contribution is 0.0997. The maximum absolute atomic E-state index is 12.2. The molecule has 20 heavy (non-hydrogen) atoms. The van der Waals surface area contributed by atoms with Crippen molar-refractivity contribution in [1.82, 2.24) is 14.5 Å². The van der Waals surface area contributed by atoms with Gasteiger partial charge >= 0.3 is 0 Å². The van der Waals surface area contributed by atoms with Gasteiger partial charge in [0.05, 0.1) is 10.7 Å². The van der Waals surface area contributed by atoms with Crippen LogP contribution in [0.15, 0.2) is 16.9 Å². The van der Waals surface area contributed by atoms with E-state index in [2.05, 4.69) is 10.5 Å². The Hall–Kier alpha value is -2.08. The Morgan fingerprint density at radius 3 is 2.45 bits per heavy atom. The minimum atomic E-state index is -0.479. The maximum Gasteiger partial charge on any atom is 0.290 e. The van der Waals surface area contributed by atoms with Gasteiger partial charge < -0.3 is 0 Å². The van der Waals surface area contributed by atoms with Gasteiger partial charge in [0.25, 0.3) is 11.5 Å². The van der Waals surface area contributed by atoms with Crippen LogP contribution in [-0.4, -0.2) is 20.4 Å². The normalized spacial score (nSPS) is 10.7. The predicted molar refractivity (Wildman–Crippen MR) is 76.8 cm³/mol. The van der Waals surface area contributed by atoms with E-state index in [1.807, 2.05) is 6.92 Å². The van der Waals surface area contributed by atoms with Crippen molar-refractivity contribution in [3.05, 3.63) is 50.2 Å². The monoisotopic (exact) mass is 294 g/mol. The van der Waals surface area contributed by atoms with E-state index in [1.54, 1.807) is 27.0 Å². The molecule has 6 nitrogen and oxygen atoms in total. The SMILES string of the molecule is Cc1cc(C)n(NC(=O)c2c(Cl)c(C)nn2C)c(=O)c1. The highest BCUT2D eigenvalue weighted by molar-refractivity contribution is 6.34. The summed E-state index contributed by atoms with van der Waals surface area (Å²) in [6, 6.07) is 3.25. The largest absolute Gasteiger partial charge is 0.290 e. The molecule has 0 aromatic carbocycles. The molecule has 0 saturated heterocycles. The average Bonchev–Trinajstić information content (AvgIpc) is 2.58. The Kier molecular flexibility index (Phi) is 3.67. The molecule has 0 radical (unpaired) electrons. The number of rotatable bonds is 2. The summed E-state index contributed by atoms with van der Waals surface area (Å²) in [5.41, 5.74) is 4.50. The fourth-order valence-electron chi connectivity index (χ4n) is 2.05. The highest BCUT2D eigenvalue weighted by Gasteiger charge is 2.19. The smallest absolute Gasteiger partial charge is 0.267 e. The molecule has 1 amide bonds. The number of pyridine rings is 1. The van der Waals surface area contributed by atoms with Crippen molar-refractivity contribution < 1.29 is 4.79 Å². The first-order chi connectivity index (χ1) is 9.31. The van der Waals surface area contributed by atoms with E-state index < -0.39 is 5.91 Å². The Bertz CT molecular complexity index is 746. The fraction of sp³-hybridized carbons (Fsp3) is 0.308. The number of carbonyl (C=O) groups is 1. The van der Waals surface area contributed by atoms with Crippen LogP contribution in [0.5, 0.6) is 0 Å². The van der Waals surface area contributed by atoms with Crippen molar-refractivity contribution in [2.75, 3.05) is 5.43 Å². The standard InChI is InChI=1S/C13H15ClN4O2/c1-7-5-8(2)18(10(19)6-7)16-13(20)12-11(14)9(3)15-17(12)4/h5-6H,1-4H3,(H,16,20). The van der Waals surface area contributed by atoms with Crippen LogP contribution in [0.3, 0.4) is 0 Å². The highest BCUT2D eigenvalue weighted by atomic mass is 35.5. The third-order valence-electron chi connectivity index (χ3n) is 2.94. The van der Waals surface area contributed by atoms with Gasteiger partial charge in [0.15, 0.2) is 0 Å². The minimum absolute atomic E-state index is 0.219. The molecular weight excluding hydrogens is 280 g/mol. The van der Waals surface area contributed by atoms with Gasteiger partial charge in [0.1, 0.15) is 5.69 Å². The molecular formula is C13H15ClN4O2. The molecule has 7 heteroatoms. The number of nitrogens with one attached hydrogen (secondary N) is 1. The van der Waals surface area contributed by atoms with Gasteiger partial charge in [-0.05, 0) is 32.4 Å². The molecule has 1 N–H and O–H groups in total. The third kappa shape index (κ3) is 2.46. The van der Waals surface area contributed by atoms with Crippen LogP contribution < -0.4 is 11.0 Å². The van der Waals surface area contributed by atoms with Gasteiger partial charge in [0.2, 0.25) is 0 Å². The van der Waals surface area contributed by atoms with Gasteiger partial charge in [-0.15, -0.1) is 0 Å². The van der Waals surface area contributed by atoms with Crippen LogP contribution in [0.2, 0.25) is 5.02 Å². The van der Waals surface area contributed by atoms with Crippen LogP contribution in [-0.2, 0) is 7.05 Å². The lowest BCUT2D eigenvalue weighted by atomic mass is 10.2. The van der Waals surface area contributed by atoms with Crippen LogP contribution >= 0.6 is 11.6 Å². The zero-order valence-electron chi connectivity index (χ0n) is 11.7. The van der Waals surface area contributed by atoms with Crippen molar-refractivity contribution in [1.29, 1.82) is 0 Å². The van der Waals surface area contributed by atoms with E-state index in [0.29, 0.717) is 11.4 Å². The third-order valence-corrected chi connectivity index (χ3v) is 3.39. The molecule has 0 aliphatic heterocycles. The Morgan fingerprint density at radius 1 is 1.30 bits per heavy atom. The van der Waals surface area contributed by atoms with Crippen molar-refractivity contribution in [2.45, 2.75) is 20.8 Å². The molecule has 0 spiro atoms. The Morgan fingerprint density at radius 2 is 1.95 bits per heavy atom. The minimum Gasteiger partial charge on any atom is -0.267 e. The average molecular weight is 295 g/mol. The summed E-state index contributed by atoms with van der Waals surface area (Å²) in [6.07, 6.45) is 0. The number of nitrogens with zero attached hydrogens (tertiary/aromatic N) is 3. The molecule has 0 fully saturated rings. The zero-order valence-corrected chi connectivity index (χ0v) is 12.4. The van der Waals surface area contributed by atoms with E-state index in [0.717, 1.165) is 5.56 Å². The van der Waals surface area contributed by atoms with Crippen LogP contribution in [0.4, 0.5) is 0 Å². The summed E-state index contributed by atoms with van der Waals surface area (Å²) in [6.45, 7) is 5.27. The number of halogens is 1. The first-order valence-electron chi connectivity index (χ1n) is 6.02. The van der Waals surface area contributed by atoms with Crippen molar-refractivity contribution in [3.8, 4) is 0 Å². The van der Waals surface area contributed by atoms with Gasteiger partial charge in [-0.1, -0.05) is 11.6 Å². The number of hydrogen-bond acceptors (Lipinski definition) is 3. The highest BCUT2D eigenvalue weighted by Crippen LogP contribution is 2.19. The molecule has 0 atom stereocenters. The maximum atomic E-state index is 12.2. The quantitative estimate of drug-likeness (QED) is 0.913. The first-order valence-corrected chi connectivity index (χ1v) is 6.40. The molecule has 2 aromatic heterocycles. The van der Waals surface area contributed by atoms with E-state index in [-0.39, 0.29) is 16.3 Å². The number of amides is 1. The van der Waals surface area contributed by atoms with E-state index >= 15 is 0 Å². The summed E-state index contributed by atoms with van der Waals surface area (Å²) in [7, 11) is 1.62. The summed E-state index contributed by atoms with van der Waals surface area (Å²) in [5.74, 6) is -0.479. The summed E-state index contributed by atoms with van der Waals surface area (Å²) >= 11 is 6.05. The van der Waals surface area contributed by atoms with Gasteiger partial charge in [0, 0.05) is 18.8 Å². The fourth-order valence-corrected chi connectivity index (χ4v) is 2.29. The van der Waals surface area contributed by atoms with E-state index in [9.17, 15) is 9.59 Å².